The molecular weight excluding hydrogens is 394 g/mol. The Morgan fingerprint density at radius 1 is 1.29 bits per heavy atom. The Morgan fingerprint density at radius 2 is 2.00 bits per heavy atom. The van der Waals surface area contributed by atoms with Gasteiger partial charge in [0.25, 0.3) is 11.8 Å². The first-order valence-corrected chi connectivity index (χ1v) is 10.3. The van der Waals surface area contributed by atoms with Crippen LogP contribution < -0.4 is 11.5 Å². The number of hydrogen-bond donors (Lipinski definition) is 2. The zero-order valence-corrected chi connectivity index (χ0v) is 17.9. The van der Waals surface area contributed by atoms with Crippen molar-refractivity contribution in [3.63, 3.8) is 0 Å². The third kappa shape index (κ3) is 3.77. The summed E-state index contributed by atoms with van der Waals surface area (Å²) in [5.41, 5.74) is 14.6. The zero-order chi connectivity index (χ0) is 22.2. The summed E-state index contributed by atoms with van der Waals surface area (Å²) in [5, 5.41) is 4.69. The van der Waals surface area contributed by atoms with Crippen LogP contribution in [0, 0.1) is 17.3 Å². The molecule has 4 N–H and O–H groups in total. The molecule has 1 spiro atoms. The van der Waals surface area contributed by atoms with Crippen molar-refractivity contribution < 1.29 is 14.3 Å². The van der Waals surface area contributed by atoms with Gasteiger partial charge in [-0.3, -0.25) is 9.59 Å². The van der Waals surface area contributed by atoms with Gasteiger partial charge >= 0.3 is 0 Å². The lowest BCUT2D eigenvalue weighted by Crippen LogP contribution is -2.42. The molecule has 1 aliphatic carbocycles. The lowest BCUT2D eigenvalue weighted by molar-refractivity contribution is -0.125. The summed E-state index contributed by atoms with van der Waals surface area (Å²) in [5.74, 6) is 4.88. The van der Waals surface area contributed by atoms with E-state index in [4.69, 9.17) is 21.3 Å². The molecule has 0 atom stereocenters. The highest BCUT2D eigenvalue weighted by molar-refractivity contribution is 6.03. The number of amides is 2. The van der Waals surface area contributed by atoms with Gasteiger partial charge in [0.1, 0.15) is 17.1 Å². The van der Waals surface area contributed by atoms with Gasteiger partial charge < -0.3 is 21.1 Å². The summed E-state index contributed by atoms with van der Waals surface area (Å²) in [6, 6.07) is 7.72. The van der Waals surface area contributed by atoms with Crippen molar-refractivity contribution in [2.75, 3.05) is 25.9 Å². The van der Waals surface area contributed by atoms with Crippen LogP contribution in [0.5, 0.6) is 0 Å². The van der Waals surface area contributed by atoms with E-state index in [1.807, 2.05) is 29.2 Å². The second kappa shape index (κ2) is 8.08. The molecule has 8 heteroatoms. The normalized spacial score (nSPS) is 22.1. The van der Waals surface area contributed by atoms with Crippen LogP contribution in [-0.4, -0.2) is 46.7 Å². The second-order valence-corrected chi connectivity index (χ2v) is 8.46. The topological polar surface area (TPSA) is 116 Å². The molecule has 31 heavy (non-hydrogen) atoms. The quantitative estimate of drug-likeness (QED) is 0.716. The third-order valence-corrected chi connectivity index (χ3v) is 6.37. The van der Waals surface area contributed by atoms with Gasteiger partial charge in [0.15, 0.2) is 0 Å². The number of hydrogen-bond acceptors (Lipinski definition) is 5. The first-order chi connectivity index (χ1) is 14.9. The van der Waals surface area contributed by atoms with Crippen molar-refractivity contribution in [1.82, 2.24) is 14.7 Å². The number of nitrogens with zero attached hydrogens (tertiary/aromatic N) is 3. The van der Waals surface area contributed by atoms with Crippen LogP contribution in [-0.2, 0) is 16.1 Å². The number of methoxy groups -OCH3 is 1. The maximum atomic E-state index is 12.2. The van der Waals surface area contributed by atoms with Crippen LogP contribution in [0.4, 0.5) is 5.82 Å². The fourth-order valence-electron chi connectivity index (χ4n) is 4.84. The smallest absolute Gasteiger partial charge is 0.298 e. The van der Waals surface area contributed by atoms with Gasteiger partial charge in [0.05, 0.1) is 12.6 Å². The molecule has 2 fully saturated rings. The van der Waals surface area contributed by atoms with Gasteiger partial charge in [-0.1, -0.05) is 30.2 Å². The lowest BCUT2D eigenvalue weighted by Gasteiger charge is -2.45. The Labute approximate surface area is 181 Å². The van der Waals surface area contributed by atoms with E-state index in [2.05, 4.69) is 11.8 Å². The number of primary amides is 1. The van der Waals surface area contributed by atoms with Gasteiger partial charge in [-0.2, -0.15) is 5.10 Å². The highest BCUT2D eigenvalue weighted by atomic mass is 16.5. The van der Waals surface area contributed by atoms with E-state index in [9.17, 15) is 9.59 Å². The second-order valence-electron chi connectivity index (χ2n) is 8.46. The molecule has 2 aliphatic rings. The van der Waals surface area contributed by atoms with Gasteiger partial charge in [0.2, 0.25) is 0 Å². The highest BCUT2D eigenvalue weighted by Gasteiger charge is 2.51. The molecule has 4 rings (SSSR count). The van der Waals surface area contributed by atoms with Crippen LogP contribution in [0.1, 0.15) is 48.1 Å². The van der Waals surface area contributed by atoms with Crippen molar-refractivity contribution in [2.45, 2.75) is 38.8 Å². The predicted octanol–water partition coefficient (Wildman–Crippen LogP) is 1.95. The average molecular weight is 422 g/mol. The largest absolute Gasteiger partial charge is 0.383 e. The Hall–Kier alpha value is -3.31. The zero-order valence-electron chi connectivity index (χ0n) is 17.9. The van der Waals surface area contributed by atoms with Crippen molar-refractivity contribution in [3.8, 4) is 23.1 Å². The first kappa shape index (κ1) is 20.9. The van der Waals surface area contributed by atoms with Crippen molar-refractivity contribution in [2.24, 2.45) is 11.1 Å². The maximum absolute atomic E-state index is 12.2. The van der Waals surface area contributed by atoms with Crippen molar-refractivity contribution >= 4 is 17.6 Å². The molecule has 162 valence electrons. The Bertz CT molecular complexity index is 1070. The fraction of sp³-hybridized carbons (Fsp3) is 0.435. The molecule has 1 saturated heterocycles. The summed E-state index contributed by atoms with van der Waals surface area (Å²) < 4.78 is 6.88. The van der Waals surface area contributed by atoms with E-state index in [1.165, 1.54) is 0 Å². The van der Waals surface area contributed by atoms with E-state index in [1.54, 1.807) is 18.7 Å². The number of nitrogens with two attached hydrogens (primary N) is 2. The number of likely N-dealkylation sites (tertiary alicyclic amines) is 1. The number of benzene rings is 1. The molecular formula is C23H27N5O3. The Kier molecular flexibility index (Phi) is 5.46. The third-order valence-electron chi connectivity index (χ3n) is 6.37. The van der Waals surface area contributed by atoms with Gasteiger partial charge in [-0.05, 0) is 43.1 Å². The number of nitrogen functional groups attached to an aromatic ring is 1. The van der Waals surface area contributed by atoms with Gasteiger partial charge in [-0.15, -0.1) is 0 Å². The molecule has 1 saturated carbocycles. The predicted molar refractivity (Wildman–Crippen MR) is 117 cm³/mol. The molecule has 2 heterocycles. The van der Waals surface area contributed by atoms with E-state index >= 15 is 0 Å². The SMILES string of the molecule is CC#CC(=O)N1CC[C@]2(C1)C[C@H](n1nc(-c3ccc(COC)cc3)c(C(N)=O)c1N)C2. The number of carbonyl (C=O) groups excluding carboxylic acids is 2. The van der Waals surface area contributed by atoms with Crippen molar-refractivity contribution in [3.05, 3.63) is 35.4 Å². The molecule has 0 radical (unpaired) electrons. The minimum absolute atomic E-state index is 0.0724. The van der Waals surface area contributed by atoms with Gasteiger partial charge in [0, 0.05) is 25.8 Å². The summed E-state index contributed by atoms with van der Waals surface area (Å²) in [6.07, 6.45) is 2.65. The molecule has 1 aromatic carbocycles. The highest BCUT2D eigenvalue weighted by Crippen LogP contribution is 2.54. The van der Waals surface area contributed by atoms with Crippen LogP contribution >= 0.6 is 0 Å². The van der Waals surface area contributed by atoms with Crippen LogP contribution in [0.15, 0.2) is 24.3 Å². The van der Waals surface area contributed by atoms with Crippen LogP contribution in [0.2, 0.25) is 0 Å². The summed E-state index contributed by atoms with van der Waals surface area (Å²) >= 11 is 0. The summed E-state index contributed by atoms with van der Waals surface area (Å²) in [7, 11) is 1.64. The van der Waals surface area contributed by atoms with E-state index in [0.717, 1.165) is 36.9 Å². The fourth-order valence-corrected chi connectivity index (χ4v) is 4.84. The molecule has 1 aliphatic heterocycles. The number of ether oxygens (including phenoxy) is 1. The van der Waals surface area contributed by atoms with E-state index < -0.39 is 5.91 Å². The van der Waals surface area contributed by atoms with Crippen LogP contribution in [0.3, 0.4) is 0 Å². The van der Waals surface area contributed by atoms with Crippen molar-refractivity contribution in [1.29, 1.82) is 0 Å². The van der Waals surface area contributed by atoms with E-state index in [0.29, 0.717) is 24.7 Å². The van der Waals surface area contributed by atoms with Crippen LogP contribution in [0.25, 0.3) is 11.3 Å². The van der Waals surface area contributed by atoms with E-state index in [-0.39, 0.29) is 22.9 Å². The minimum atomic E-state index is -0.593. The molecule has 2 amide bonds. The molecule has 2 aromatic rings. The molecule has 0 bridgehead atoms. The standard InChI is InChI=1S/C23H27N5O3/c1-3-4-18(29)27-10-9-23(14-27)11-17(12-23)28-21(24)19(22(25)30)20(26-28)16-7-5-15(6-8-16)13-31-2/h5-8,17H,9-14,24H2,1-2H3,(H2,25,30)/t17-,23-. The number of carbonyl (C=O) groups is 2. The average Bonchev–Trinajstić information content (AvgIpc) is 3.30. The first-order valence-electron chi connectivity index (χ1n) is 10.3. The number of aromatic nitrogens is 2. The summed E-state index contributed by atoms with van der Waals surface area (Å²) in [6.45, 7) is 3.60. The number of rotatable bonds is 5. The lowest BCUT2D eigenvalue weighted by atomic mass is 9.65. The summed E-state index contributed by atoms with van der Waals surface area (Å²) in [4.78, 5) is 26.1. The van der Waals surface area contributed by atoms with Gasteiger partial charge in [-0.25, -0.2) is 4.68 Å². The molecule has 8 nitrogen and oxygen atoms in total. The number of anilines is 1. The monoisotopic (exact) mass is 421 g/mol. The Morgan fingerprint density at radius 3 is 2.61 bits per heavy atom. The Balaban J connectivity index is 1.55. The molecule has 0 unspecified atom stereocenters. The molecule has 1 aromatic heterocycles. The maximum Gasteiger partial charge on any atom is 0.298 e. The minimum Gasteiger partial charge on any atom is -0.383 e.